The van der Waals surface area contributed by atoms with Crippen molar-refractivity contribution in [2.75, 3.05) is 0 Å². The van der Waals surface area contributed by atoms with Crippen LogP contribution in [0.2, 0.25) is 0 Å². The van der Waals surface area contributed by atoms with Crippen LogP contribution in [0.4, 0.5) is 0 Å². The normalized spacial score (nSPS) is 14.9. The van der Waals surface area contributed by atoms with Gasteiger partial charge in [-0.1, -0.05) is 13.8 Å². The Morgan fingerprint density at radius 2 is 2.00 bits per heavy atom. The van der Waals surface area contributed by atoms with E-state index in [1.165, 1.54) is 24.1 Å². The summed E-state index contributed by atoms with van der Waals surface area (Å²) in [6.45, 7) is 6.12. The van der Waals surface area contributed by atoms with Gasteiger partial charge in [0.1, 0.15) is 0 Å². The van der Waals surface area contributed by atoms with Crippen molar-refractivity contribution in [3.8, 4) is 0 Å². The summed E-state index contributed by atoms with van der Waals surface area (Å²) in [5.74, 6) is 0.792. The third kappa shape index (κ3) is 2.33. The minimum atomic E-state index is 0.792. The van der Waals surface area contributed by atoms with Crippen molar-refractivity contribution < 1.29 is 0 Å². The first kappa shape index (κ1) is 9.24. The molecule has 1 aliphatic carbocycles. The van der Waals surface area contributed by atoms with Gasteiger partial charge in [0, 0.05) is 17.8 Å². The van der Waals surface area contributed by atoms with Crippen molar-refractivity contribution in [3.63, 3.8) is 0 Å². The molecule has 0 bridgehead atoms. The van der Waals surface area contributed by atoms with Crippen LogP contribution in [0.3, 0.4) is 0 Å². The van der Waals surface area contributed by atoms with Gasteiger partial charge in [0.25, 0.3) is 0 Å². The molecule has 1 heteroatoms. The summed E-state index contributed by atoms with van der Waals surface area (Å²) in [7, 11) is 0. The molecule has 1 aliphatic rings. The van der Waals surface area contributed by atoms with Gasteiger partial charge in [-0.25, -0.2) is 0 Å². The van der Waals surface area contributed by atoms with Gasteiger partial charge in [0.15, 0.2) is 0 Å². The highest BCUT2D eigenvalue weighted by atomic mass is 14.7. The largest absolute Gasteiger partial charge is 0.261 e. The van der Waals surface area contributed by atoms with Gasteiger partial charge in [-0.15, -0.1) is 0 Å². The SMILES string of the molecule is CC.Cc1ccnc(C2CC2)c1. The molecular weight excluding hydrogens is 146 g/mol. The molecule has 0 aromatic carbocycles. The molecule has 0 atom stereocenters. The third-order valence-corrected chi connectivity index (χ3v) is 1.93. The smallest absolute Gasteiger partial charge is 0.0437 e. The number of hydrogen-bond acceptors (Lipinski definition) is 1. The average Bonchev–Trinajstić information content (AvgIpc) is 2.90. The Morgan fingerprint density at radius 3 is 2.50 bits per heavy atom. The lowest BCUT2D eigenvalue weighted by Gasteiger charge is -1.96. The molecule has 0 saturated heterocycles. The van der Waals surface area contributed by atoms with Gasteiger partial charge in [0.2, 0.25) is 0 Å². The van der Waals surface area contributed by atoms with Crippen LogP contribution >= 0.6 is 0 Å². The lowest BCUT2D eigenvalue weighted by atomic mass is 10.2. The molecular formula is C11H17N. The molecule has 0 aliphatic heterocycles. The molecule has 0 radical (unpaired) electrons. The van der Waals surface area contributed by atoms with E-state index in [-0.39, 0.29) is 0 Å². The first-order valence-corrected chi connectivity index (χ1v) is 4.79. The van der Waals surface area contributed by atoms with Crippen LogP contribution in [-0.4, -0.2) is 4.98 Å². The Kier molecular flexibility index (Phi) is 3.27. The van der Waals surface area contributed by atoms with Gasteiger partial charge >= 0.3 is 0 Å². The lowest BCUT2D eigenvalue weighted by Crippen LogP contribution is -1.85. The van der Waals surface area contributed by atoms with Crippen LogP contribution in [0.5, 0.6) is 0 Å². The number of pyridine rings is 1. The summed E-state index contributed by atoms with van der Waals surface area (Å²) in [6.07, 6.45) is 4.59. The summed E-state index contributed by atoms with van der Waals surface area (Å²) in [4.78, 5) is 4.30. The monoisotopic (exact) mass is 163 g/mol. The fraction of sp³-hybridized carbons (Fsp3) is 0.545. The third-order valence-electron chi connectivity index (χ3n) is 1.93. The van der Waals surface area contributed by atoms with Crippen LogP contribution < -0.4 is 0 Å². The molecule has 1 fully saturated rings. The maximum Gasteiger partial charge on any atom is 0.0437 e. The van der Waals surface area contributed by atoms with E-state index in [4.69, 9.17) is 0 Å². The van der Waals surface area contributed by atoms with E-state index in [0.29, 0.717) is 0 Å². The van der Waals surface area contributed by atoms with Gasteiger partial charge in [0.05, 0.1) is 0 Å². The zero-order valence-electron chi connectivity index (χ0n) is 8.17. The van der Waals surface area contributed by atoms with E-state index in [1.807, 2.05) is 26.1 Å². The Bertz CT molecular complexity index is 239. The van der Waals surface area contributed by atoms with Crippen LogP contribution in [0.25, 0.3) is 0 Å². The highest BCUT2D eigenvalue weighted by molar-refractivity contribution is 5.20. The first-order chi connectivity index (χ1) is 5.86. The molecule has 2 rings (SSSR count). The van der Waals surface area contributed by atoms with Gasteiger partial charge in [-0.05, 0) is 37.5 Å². The van der Waals surface area contributed by atoms with Crippen molar-refractivity contribution in [2.45, 2.75) is 39.5 Å². The number of rotatable bonds is 1. The number of aryl methyl sites for hydroxylation is 1. The molecule has 1 saturated carbocycles. The minimum absolute atomic E-state index is 0.792. The zero-order chi connectivity index (χ0) is 8.97. The highest BCUT2D eigenvalue weighted by Crippen LogP contribution is 2.38. The van der Waals surface area contributed by atoms with Gasteiger partial charge < -0.3 is 0 Å². The average molecular weight is 163 g/mol. The van der Waals surface area contributed by atoms with E-state index in [0.717, 1.165) is 5.92 Å². The van der Waals surface area contributed by atoms with E-state index in [1.54, 1.807) is 0 Å². The topological polar surface area (TPSA) is 12.9 Å². The molecule has 0 N–H and O–H groups in total. The Labute approximate surface area is 74.8 Å². The van der Waals surface area contributed by atoms with E-state index in [2.05, 4.69) is 18.0 Å². The summed E-state index contributed by atoms with van der Waals surface area (Å²) < 4.78 is 0. The van der Waals surface area contributed by atoms with Crippen molar-refractivity contribution in [1.82, 2.24) is 4.98 Å². The van der Waals surface area contributed by atoms with Crippen LogP contribution in [-0.2, 0) is 0 Å². The number of hydrogen-bond donors (Lipinski definition) is 0. The minimum Gasteiger partial charge on any atom is -0.261 e. The van der Waals surface area contributed by atoms with Crippen LogP contribution in [0.1, 0.15) is 43.9 Å². The zero-order valence-corrected chi connectivity index (χ0v) is 8.17. The molecule has 0 amide bonds. The molecule has 66 valence electrons. The molecule has 12 heavy (non-hydrogen) atoms. The summed E-state index contributed by atoms with van der Waals surface area (Å²) in [6, 6.07) is 4.24. The fourth-order valence-corrected chi connectivity index (χ4v) is 1.16. The number of aromatic nitrogens is 1. The van der Waals surface area contributed by atoms with Crippen molar-refractivity contribution in [1.29, 1.82) is 0 Å². The number of nitrogens with zero attached hydrogens (tertiary/aromatic N) is 1. The maximum atomic E-state index is 4.30. The Morgan fingerprint density at radius 1 is 1.33 bits per heavy atom. The van der Waals surface area contributed by atoms with Crippen LogP contribution in [0.15, 0.2) is 18.3 Å². The van der Waals surface area contributed by atoms with Gasteiger partial charge in [-0.3, -0.25) is 4.98 Å². The molecule has 0 spiro atoms. The Balaban J connectivity index is 0.000000336. The predicted octanol–water partition coefficient (Wildman–Crippen LogP) is 3.29. The lowest BCUT2D eigenvalue weighted by molar-refractivity contribution is 1.01. The molecule has 1 nitrogen and oxygen atoms in total. The molecule has 1 aromatic heterocycles. The van der Waals surface area contributed by atoms with Crippen molar-refractivity contribution >= 4 is 0 Å². The van der Waals surface area contributed by atoms with E-state index >= 15 is 0 Å². The van der Waals surface area contributed by atoms with Crippen molar-refractivity contribution in [3.05, 3.63) is 29.6 Å². The molecule has 1 heterocycles. The van der Waals surface area contributed by atoms with Crippen LogP contribution in [0, 0.1) is 6.92 Å². The second kappa shape index (κ2) is 4.24. The van der Waals surface area contributed by atoms with E-state index in [9.17, 15) is 0 Å². The quantitative estimate of drug-likeness (QED) is 0.619. The second-order valence-electron chi connectivity index (χ2n) is 3.03. The summed E-state index contributed by atoms with van der Waals surface area (Å²) in [5.41, 5.74) is 2.62. The first-order valence-electron chi connectivity index (χ1n) is 4.79. The second-order valence-corrected chi connectivity index (χ2v) is 3.03. The maximum absolute atomic E-state index is 4.30. The van der Waals surface area contributed by atoms with E-state index < -0.39 is 0 Å². The van der Waals surface area contributed by atoms with Crippen molar-refractivity contribution in [2.24, 2.45) is 0 Å². The molecule has 1 aromatic rings. The molecule has 0 unspecified atom stereocenters. The standard InChI is InChI=1S/C9H11N.C2H6/c1-7-4-5-10-9(6-7)8-2-3-8;1-2/h4-6,8H,2-3H2,1H3;1-2H3. The predicted molar refractivity (Wildman–Crippen MR) is 52.3 cm³/mol. The summed E-state index contributed by atoms with van der Waals surface area (Å²) in [5, 5.41) is 0. The highest BCUT2D eigenvalue weighted by Gasteiger charge is 2.24. The fourth-order valence-electron chi connectivity index (χ4n) is 1.16. The summed E-state index contributed by atoms with van der Waals surface area (Å²) >= 11 is 0. The van der Waals surface area contributed by atoms with Gasteiger partial charge in [-0.2, -0.15) is 0 Å². The Hall–Kier alpha value is -0.850.